The molecule has 2 rings (SSSR count). The second-order valence-electron chi connectivity index (χ2n) is 8.45. The Labute approximate surface area is 176 Å². The highest BCUT2D eigenvalue weighted by molar-refractivity contribution is 6.76. The Hall–Kier alpha value is -2.27. The molecule has 0 saturated heterocycles. The van der Waals surface area contributed by atoms with Gasteiger partial charge in [-0.05, 0) is 61.4 Å². The zero-order valence-electron chi connectivity index (χ0n) is 18.2. The molecular formula is C24H34O4Si. The SMILES string of the molecule is CCCOc1ccc(OC(=O)c2ccc(OCCCCC[Si](C)(C)C)cc2)cc1. The molecule has 0 unspecified atom stereocenters. The van der Waals surface area contributed by atoms with Crippen LogP contribution in [0, 0.1) is 0 Å². The van der Waals surface area contributed by atoms with Gasteiger partial charge in [0.1, 0.15) is 17.2 Å². The molecular weight excluding hydrogens is 380 g/mol. The van der Waals surface area contributed by atoms with Gasteiger partial charge < -0.3 is 14.2 Å². The maximum Gasteiger partial charge on any atom is 0.343 e. The summed E-state index contributed by atoms with van der Waals surface area (Å²) in [5.41, 5.74) is 0.499. The van der Waals surface area contributed by atoms with E-state index in [0.29, 0.717) is 24.5 Å². The van der Waals surface area contributed by atoms with Crippen molar-refractivity contribution in [3.8, 4) is 17.2 Å². The van der Waals surface area contributed by atoms with Gasteiger partial charge in [-0.3, -0.25) is 0 Å². The molecule has 0 amide bonds. The fourth-order valence-electron chi connectivity index (χ4n) is 2.80. The van der Waals surface area contributed by atoms with E-state index in [0.717, 1.165) is 24.3 Å². The first-order valence-corrected chi connectivity index (χ1v) is 14.3. The molecule has 0 aromatic heterocycles. The van der Waals surface area contributed by atoms with E-state index in [2.05, 4.69) is 26.6 Å². The van der Waals surface area contributed by atoms with E-state index in [1.54, 1.807) is 36.4 Å². The number of hydrogen-bond donors (Lipinski definition) is 0. The Kier molecular flexibility index (Phi) is 9.25. The summed E-state index contributed by atoms with van der Waals surface area (Å²) < 4.78 is 16.7. The average Bonchev–Trinajstić information content (AvgIpc) is 2.69. The van der Waals surface area contributed by atoms with Gasteiger partial charge in [0.25, 0.3) is 0 Å². The van der Waals surface area contributed by atoms with Crippen LogP contribution in [0.1, 0.15) is 43.0 Å². The third kappa shape index (κ3) is 9.18. The summed E-state index contributed by atoms with van der Waals surface area (Å²) in [4.78, 5) is 12.3. The number of carbonyl (C=O) groups is 1. The van der Waals surface area contributed by atoms with Crippen molar-refractivity contribution in [3.63, 3.8) is 0 Å². The highest BCUT2D eigenvalue weighted by Crippen LogP contribution is 2.20. The molecule has 0 N–H and O–H groups in total. The van der Waals surface area contributed by atoms with Gasteiger partial charge >= 0.3 is 5.97 Å². The van der Waals surface area contributed by atoms with Crippen LogP contribution in [0.25, 0.3) is 0 Å². The minimum absolute atomic E-state index is 0.384. The van der Waals surface area contributed by atoms with Crippen LogP contribution < -0.4 is 14.2 Å². The van der Waals surface area contributed by atoms with Crippen molar-refractivity contribution in [1.29, 1.82) is 0 Å². The lowest BCUT2D eigenvalue weighted by Crippen LogP contribution is -2.18. The van der Waals surface area contributed by atoms with Crippen molar-refractivity contribution in [2.75, 3.05) is 13.2 Å². The Morgan fingerprint density at radius 2 is 1.31 bits per heavy atom. The number of esters is 1. The Bertz CT molecular complexity index is 733. The largest absolute Gasteiger partial charge is 0.494 e. The number of hydrogen-bond acceptors (Lipinski definition) is 4. The highest BCUT2D eigenvalue weighted by atomic mass is 28.3. The van der Waals surface area contributed by atoms with Crippen LogP contribution in [0.2, 0.25) is 25.7 Å². The van der Waals surface area contributed by atoms with Crippen LogP contribution in [0.5, 0.6) is 17.2 Å². The van der Waals surface area contributed by atoms with Gasteiger partial charge in [0.2, 0.25) is 0 Å². The molecule has 0 heterocycles. The maximum atomic E-state index is 12.3. The summed E-state index contributed by atoms with van der Waals surface area (Å²) in [7, 11) is -0.926. The van der Waals surface area contributed by atoms with Gasteiger partial charge in [-0.2, -0.15) is 0 Å². The van der Waals surface area contributed by atoms with Gasteiger partial charge in [0.15, 0.2) is 0 Å². The zero-order chi connectivity index (χ0) is 21.1. The molecule has 4 nitrogen and oxygen atoms in total. The Morgan fingerprint density at radius 3 is 1.90 bits per heavy atom. The minimum Gasteiger partial charge on any atom is -0.494 e. The number of unbranched alkanes of at least 4 members (excludes halogenated alkanes) is 2. The lowest BCUT2D eigenvalue weighted by molar-refractivity contribution is 0.0734. The van der Waals surface area contributed by atoms with E-state index in [1.807, 2.05) is 12.1 Å². The lowest BCUT2D eigenvalue weighted by Gasteiger charge is -2.15. The molecule has 0 aliphatic rings. The van der Waals surface area contributed by atoms with Crippen LogP contribution in [0.3, 0.4) is 0 Å². The molecule has 0 saturated carbocycles. The number of benzene rings is 2. The molecule has 2 aromatic rings. The van der Waals surface area contributed by atoms with Crippen molar-refractivity contribution in [2.45, 2.75) is 58.3 Å². The van der Waals surface area contributed by atoms with Crippen LogP contribution in [0.4, 0.5) is 0 Å². The van der Waals surface area contributed by atoms with Crippen molar-refractivity contribution in [1.82, 2.24) is 0 Å². The van der Waals surface area contributed by atoms with Gasteiger partial charge in [-0.1, -0.05) is 45.5 Å². The first-order chi connectivity index (χ1) is 13.9. The van der Waals surface area contributed by atoms with Gasteiger partial charge in [0.05, 0.1) is 18.8 Å². The average molecular weight is 415 g/mol. The van der Waals surface area contributed by atoms with Crippen molar-refractivity contribution < 1.29 is 19.0 Å². The molecule has 158 valence electrons. The molecule has 2 aromatic carbocycles. The van der Waals surface area contributed by atoms with Gasteiger partial charge in [-0.25, -0.2) is 4.79 Å². The second kappa shape index (κ2) is 11.7. The third-order valence-corrected chi connectivity index (χ3v) is 6.29. The molecule has 5 heteroatoms. The fourth-order valence-corrected chi connectivity index (χ4v) is 4.11. The molecule has 0 atom stereocenters. The molecule has 0 spiro atoms. The van der Waals surface area contributed by atoms with Gasteiger partial charge in [0, 0.05) is 8.07 Å². The highest BCUT2D eigenvalue weighted by Gasteiger charge is 2.12. The van der Waals surface area contributed by atoms with Crippen LogP contribution >= 0.6 is 0 Å². The molecule has 0 bridgehead atoms. The Morgan fingerprint density at radius 1 is 0.759 bits per heavy atom. The predicted octanol–water partition coefficient (Wildman–Crippen LogP) is 6.58. The quantitative estimate of drug-likeness (QED) is 0.170. The van der Waals surface area contributed by atoms with E-state index in [9.17, 15) is 4.79 Å². The van der Waals surface area contributed by atoms with E-state index in [-0.39, 0.29) is 5.97 Å². The van der Waals surface area contributed by atoms with Crippen LogP contribution in [-0.2, 0) is 0 Å². The van der Waals surface area contributed by atoms with E-state index >= 15 is 0 Å². The summed E-state index contributed by atoms with van der Waals surface area (Å²) in [6.07, 6.45) is 4.51. The van der Waals surface area contributed by atoms with Crippen LogP contribution in [0.15, 0.2) is 48.5 Å². The van der Waals surface area contributed by atoms with E-state index in [1.165, 1.54) is 18.9 Å². The molecule has 0 aliphatic heterocycles. The van der Waals surface area contributed by atoms with Crippen molar-refractivity contribution in [3.05, 3.63) is 54.1 Å². The van der Waals surface area contributed by atoms with Gasteiger partial charge in [-0.15, -0.1) is 0 Å². The maximum absolute atomic E-state index is 12.3. The summed E-state index contributed by atoms with van der Waals surface area (Å²) in [6, 6.07) is 15.6. The molecule has 0 radical (unpaired) electrons. The van der Waals surface area contributed by atoms with E-state index in [4.69, 9.17) is 14.2 Å². The van der Waals surface area contributed by atoms with Crippen molar-refractivity contribution >= 4 is 14.0 Å². The second-order valence-corrected chi connectivity index (χ2v) is 14.1. The fraction of sp³-hybridized carbons (Fsp3) is 0.458. The minimum atomic E-state index is -0.926. The smallest absolute Gasteiger partial charge is 0.343 e. The van der Waals surface area contributed by atoms with E-state index < -0.39 is 8.07 Å². The number of ether oxygens (including phenoxy) is 3. The summed E-state index contributed by atoms with van der Waals surface area (Å²) in [5, 5.41) is 0. The molecule has 0 aliphatic carbocycles. The monoisotopic (exact) mass is 414 g/mol. The summed E-state index contributed by atoms with van der Waals surface area (Å²) in [6.45, 7) is 10.7. The first-order valence-electron chi connectivity index (χ1n) is 10.6. The first kappa shape index (κ1) is 23.0. The van der Waals surface area contributed by atoms with Crippen molar-refractivity contribution in [2.24, 2.45) is 0 Å². The predicted molar refractivity (Wildman–Crippen MR) is 121 cm³/mol. The topological polar surface area (TPSA) is 44.8 Å². The third-order valence-electron chi connectivity index (χ3n) is 4.44. The lowest BCUT2D eigenvalue weighted by atomic mass is 10.2. The number of carbonyl (C=O) groups excluding carboxylic acids is 1. The molecule has 0 fully saturated rings. The Balaban J connectivity index is 1.74. The molecule has 29 heavy (non-hydrogen) atoms. The normalized spacial score (nSPS) is 11.2. The van der Waals surface area contributed by atoms with Crippen LogP contribution in [-0.4, -0.2) is 27.3 Å². The zero-order valence-corrected chi connectivity index (χ0v) is 19.2. The number of rotatable bonds is 12. The standard InChI is InChI=1S/C24H34O4Si/c1-5-17-26-22-13-15-23(16-14-22)28-24(25)20-9-11-21(12-10-20)27-18-7-6-8-19-29(2,3)4/h9-16H,5-8,17-19H2,1-4H3. The summed E-state index contributed by atoms with van der Waals surface area (Å²) in [5.74, 6) is 1.67. The summed E-state index contributed by atoms with van der Waals surface area (Å²) >= 11 is 0.